The molecule has 108 valence electrons. The van der Waals surface area contributed by atoms with Crippen LogP contribution in [0.4, 0.5) is 0 Å². The molecule has 0 aromatic carbocycles. The van der Waals surface area contributed by atoms with Crippen LogP contribution in [0.5, 0.6) is 0 Å². The topological polar surface area (TPSA) is 27.7 Å². The van der Waals surface area contributed by atoms with Crippen molar-refractivity contribution in [2.75, 3.05) is 0 Å². The van der Waals surface area contributed by atoms with Crippen molar-refractivity contribution in [3.05, 3.63) is 0 Å². The molecule has 2 radical (unpaired) electrons. The third kappa shape index (κ3) is 10.1. The molecule has 0 heterocycles. The summed E-state index contributed by atoms with van der Waals surface area (Å²) < 4.78 is 17.3. The SMILES string of the molecule is CCC(C)(C)O[Si]CCC(OC(C)C)OC(C)C. The van der Waals surface area contributed by atoms with Gasteiger partial charge in [0.2, 0.25) is 9.76 Å². The van der Waals surface area contributed by atoms with Crippen LogP contribution in [0.15, 0.2) is 0 Å². The third-order valence-corrected chi connectivity index (χ3v) is 3.72. The van der Waals surface area contributed by atoms with Crippen LogP contribution in [0.2, 0.25) is 6.04 Å². The van der Waals surface area contributed by atoms with Crippen LogP contribution in [-0.2, 0) is 13.9 Å². The van der Waals surface area contributed by atoms with Gasteiger partial charge in [0.05, 0.1) is 12.2 Å². The summed E-state index contributed by atoms with van der Waals surface area (Å²) in [5.74, 6) is 0. The highest BCUT2D eigenvalue weighted by molar-refractivity contribution is 6.27. The van der Waals surface area contributed by atoms with Gasteiger partial charge in [0, 0.05) is 5.60 Å². The fraction of sp³-hybridized carbons (Fsp3) is 1.00. The van der Waals surface area contributed by atoms with Gasteiger partial charge in [0.15, 0.2) is 6.29 Å². The Morgan fingerprint density at radius 3 is 1.89 bits per heavy atom. The summed E-state index contributed by atoms with van der Waals surface area (Å²) in [6.07, 6.45) is 2.23. The van der Waals surface area contributed by atoms with Gasteiger partial charge in [0.25, 0.3) is 0 Å². The standard InChI is InChI=1S/C14H30O3Si/c1-8-14(6,7)17-18-10-9-13(15-11(2)3)16-12(4)5/h11-13H,8-10H2,1-7H3. The van der Waals surface area contributed by atoms with Crippen molar-refractivity contribution in [2.45, 2.75) is 91.5 Å². The third-order valence-electron chi connectivity index (χ3n) is 2.53. The lowest BCUT2D eigenvalue weighted by Gasteiger charge is -2.25. The number of ether oxygens (including phenoxy) is 2. The molecule has 0 aromatic rings. The molecule has 0 amide bonds. The predicted octanol–water partition coefficient (Wildman–Crippen LogP) is 3.80. The molecule has 0 fully saturated rings. The summed E-state index contributed by atoms with van der Waals surface area (Å²) in [6, 6.07) is 0.994. The Morgan fingerprint density at radius 2 is 1.50 bits per heavy atom. The van der Waals surface area contributed by atoms with Crippen molar-refractivity contribution in [3.63, 3.8) is 0 Å². The van der Waals surface area contributed by atoms with Crippen LogP contribution in [-0.4, -0.2) is 33.9 Å². The molecule has 0 rings (SSSR count). The van der Waals surface area contributed by atoms with E-state index in [0.29, 0.717) is 9.76 Å². The Balaban J connectivity index is 3.89. The van der Waals surface area contributed by atoms with E-state index in [-0.39, 0.29) is 24.1 Å². The maximum absolute atomic E-state index is 5.86. The first-order valence-electron chi connectivity index (χ1n) is 6.98. The largest absolute Gasteiger partial charge is 0.413 e. The van der Waals surface area contributed by atoms with Gasteiger partial charge < -0.3 is 13.9 Å². The molecule has 3 nitrogen and oxygen atoms in total. The van der Waals surface area contributed by atoms with Crippen LogP contribution in [0.25, 0.3) is 0 Å². The monoisotopic (exact) mass is 274 g/mol. The Morgan fingerprint density at radius 1 is 1.00 bits per heavy atom. The average Bonchev–Trinajstić information content (AvgIpc) is 2.22. The second-order valence-electron chi connectivity index (χ2n) is 5.70. The molecule has 0 saturated heterocycles. The second-order valence-corrected chi connectivity index (χ2v) is 6.69. The van der Waals surface area contributed by atoms with Crippen LogP contribution in [0.1, 0.15) is 61.3 Å². The summed E-state index contributed by atoms with van der Waals surface area (Å²) in [6.45, 7) is 14.6. The summed E-state index contributed by atoms with van der Waals surface area (Å²) in [7, 11) is 0.516. The Kier molecular flexibility index (Phi) is 9.12. The van der Waals surface area contributed by atoms with E-state index < -0.39 is 0 Å². The lowest BCUT2D eigenvalue weighted by molar-refractivity contribution is -0.181. The number of hydrogen-bond acceptors (Lipinski definition) is 3. The minimum atomic E-state index is -0.106. The van der Waals surface area contributed by atoms with Gasteiger partial charge in [-0.2, -0.15) is 0 Å². The molecule has 0 atom stereocenters. The van der Waals surface area contributed by atoms with E-state index in [0.717, 1.165) is 18.9 Å². The predicted molar refractivity (Wildman–Crippen MR) is 76.9 cm³/mol. The maximum atomic E-state index is 5.86. The van der Waals surface area contributed by atoms with Crippen molar-refractivity contribution >= 4 is 9.76 Å². The maximum Gasteiger partial charge on any atom is 0.230 e. The molecule has 0 bridgehead atoms. The quantitative estimate of drug-likeness (QED) is 0.344. The minimum absolute atomic E-state index is 0.00818. The van der Waals surface area contributed by atoms with E-state index in [1.165, 1.54) is 0 Å². The van der Waals surface area contributed by atoms with Crippen LogP contribution < -0.4 is 0 Å². The smallest absolute Gasteiger partial charge is 0.230 e. The highest BCUT2D eigenvalue weighted by Gasteiger charge is 2.17. The zero-order valence-corrected chi connectivity index (χ0v) is 14.1. The molecule has 0 aliphatic carbocycles. The molecule has 0 N–H and O–H groups in total. The first-order chi connectivity index (χ1) is 8.26. The molecule has 0 aliphatic rings. The molecule has 0 unspecified atom stereocenters. The zero-order valence-electron chi connectivity index (χ0n) is 13.1. The first-order valence-corrected chi connectivity index (χ1v) is 8.10. The lowest BCUT2D eigenvalue weighted by Crippen LogP contribution is -2.27. The van der Waals surface area contributed by atoms with Gasteiger partial charge in [-0.25, -0.2) is 0 Å². The Hall–Kier alpha value is 0.0969. The second kappa shape index (κ2) is 9.07. The molecule has 4 heteroatoms. The van der Waals surface area contributed by atoms with Crippen molar-refractivity contribution in [1.82, 2.24) is 0 Å². The van der Waals surface area contributed by atoms with E-state index in [1.54, 1.807) is 0 Å². The number of hydrogen-bond donors (Lipinski definition) is 0. The molecular weight excluding hydrogens is 244 g/mol. The van der Waals surface area contributed by atoms with Crippen LogP contribution >= 0.6 is 0 Å². The van der Waals surface area contributed by atoms with Gasteiger partial charge in [-0.05, 0) is 60.4 Å². The normalized spacial score (nSPS) is 13.0. The van der Waals surface area contributed by atoms with Crippen molar-refractivity contribution in [2.24, 2.45) is 0 Å². The molecule has 0 spiro atoms. The minimum Gasteiger partial charge on any atom is -0.413 e. The molecular formula is C14H30O3Si. The number of rotatable bonds is 10. The zero-order chi connectivity index (χ0) is 14.2. The molecule has 0 saturated carbocycles. The van der Waals surface area contributed by atoms with Gasteiger partial charge >= 0.3 is 0 Å². The van der Waals surface area contributed by atoms with E-state index in [9.17, 15) is 0 Å². The van der Waals surface area contributed by atoms with Gasteiger partial charge in [-0.1, -0.05) is 6.92 Å². The molecule has 0 aromatic heterocycles. The van der Waals surface area contributed by atoms with Crippen molar-refractivity contribution < 1.29 is 13.9 Å². The summed E-state index contributed by atoms with van der Waals surface area (Å²) in [4.78, 5) is 0. The fourth-order valence-electron chi connectivity index (χ4n) is 1.27. The van der Waals surface area contributed by atoms with Crippen LogP contribution in [0, 0.1) is 0 Å². The van der Waals surface area contributed by atoms with Crippen molar-refractivity contribution in [3.8, 4) is 0 Å². The average molecular weight is 274 g/mol. The van der Waals surface area contributed by atoms with Gasteiger partial charge in [-0.3, -0.25) is 0 Å². The van der Waals surface area contributed by atoms with E-state index >= 15 is 0 Å². The summed E-state index contributed by atoms with van der Waals surface area (Å²) >= 11 is 0. The Labute approximate surface area is 116 Å². The Bertz CT molecular complexity index is 195. The van der Waals surface area contributed by atoms with E-state index in [2.05, 4.69) is 20.8 Å². The van der Waals surface area contributed by atoms with Crippen molar-refractivity contribution in [1.29, 1.82) is 0 Å². The van der Waals surface area contributed by atoms with Gasteiger partial charge in [-0.15, -0.1) is 0 Å². The fourth-order valence-corrected chi connectivity index (χ4v) is 2.26. The summed E-state index contributed by atoms with van der Waals surface area (Å²) in [5, 5.41) is 0. The van der Waals surface area contributed by atoms with Gasteiger partial charge in [0.1, 0.15) is 0 Å². The first kappa shape index (κ1) is 18.1. The lowest BCUT2D eigenvalue weighted by atomic mass is 10.1. The highest BCUT2D eigenvalue weighted by atomic mass is 28.2. The molecule has 18 heavy (non-hydrogen) atoms. The van der Waals surface area contributed by atoms with E-state index in [1.807, 2.05) is 27.7 Å². The summed E-state index contributed by atoms with van der Waals surface area (Å²) in [5.41, 5.74) is -0.00818. The van der Waals surface area contributed by atoms with E-state index in [4.69, 9.17) is 13.9 Å². The molecule has 0 aliphatic heterocycles. The highest BCUT2D eigenvalue weighted by Crippen LogP contribution is 2.15. The van der Waals surface area contributed by atoms with Crippen LogP contribution in [0.3, 0.4) is 0 Å².